The van der Waals surface area contributed by atoms with Crippen LogP contribution in [0.5, 0.6) is 0 Å². The highest BCUT2D eigenvalue weighted by Gasteiger charge is 2.54. The van der Waals surface area contributed by atoms with Gasteiger partial charge in [0.25, 0.3) is 6.43 Å². The second kappa shape index (κ2) is 9.75. The van der Waals surface area contributed by atoms with Crippen molar-refractivity contribution in [3.05, 3.63) is 56.9 Å². The zero-order valence-electron chi connectivity index (χ0n) is 21.4. The SMILES string of the molecule is Cc1ncsc1C(Nc1cc(Cl)c2ncc(C#N)c(NCC(C)(C)C)c2c1)c1cn(C2(C(F)F)CC2)nn1. The van der Waals surface area contributed by atoms with Gasteiger partial charge >= 0.3 is 0 Å². The third kappa shape index (κ3) is 4.90. The summed E-state index contributed by atoms with van der Waals surface area (Å²) in [5, 5.41) is 26.1. The van der Waals surface area contributed by atoms with Crippen LogP contribution in [0.25, 0.3) is 10.9 Å². The van der Waals surface area contributed by atoms with Crippen molar-refractivity contribution < 1.29 is 8.78 Å². The van der Waals surface area contributed by atoms with Gasteiger partial charge in [0, 0.05) is 23.8 Å². The van der Waals surface area contributed by atoms with Crippen molar-refractivity contribution in [3.8, 4) is 6.07 Å². The summed E-state index contributed by atoms with van der Waals surface area (Å²) < 4.78 is 28.7. The normalized spacial score (nSPS) is 15.4. The van der Waals surface area contributed by atoms with Gasteiger partial charge in [-0.05, 0) is 37.3 Å². The summed E-state index contributed by atoms with van der Waals surface area (Å²) in [5.74, 6) is 0. The molecule has 3 aromatic heterocycles. The van der Waals surface area contributed by atoms with Crippen molar-refractivity contribution >= 4 is 45.2 Å². The Morgan fingerprint density at radius 1 is 1.26 bits per heavy atom. The molecule has 12 heteroatoms. The number of hydrogen-bond donors (Lipinski definition) is 2. The van der Waals surface area contributed by atoms with E-state index in [1.54, 1.807) is 17.8 Å². The van der Waals surface area contributed by atoms with E-state index in [1.165, 1.54) is 22.2 Å². The molecule has 2 N–H and O–H groups in total. The summed E-state index contributed by atoms with van der Waals surface area (Å²) in [5.41, 5.74) is 4.00. The van der Waals surface area contributed by atoms with Gasteiger partial charge in [-0.2, -0.15) is 5.26 Å². The van der Waals surface area contributed by atoms with Gasteiger partial charge in [-0.1, -0.05) is 37.6 Å². The number of nitrogens with one attached hydrogen (secondary N) is 2. The predicted molar refractivity (Wildman–Crippen MR) is 145 cm³/mol. The number of hydrogen-bond acceptors (Lipinski definition) is 8. The average Bonchev–Trinajstić information content (AvgIpc) is 3.33. The topological polar surface area (TPSA) is 104 Å². The number of thiazole rings is 1. The van der Waals surface area contributed by atoms with E-state index in [-0.39, 0.29) is 5.41 Å². The summed E-state index contributed by atoms with van der Waals surface area (Å²) >= 11 is 8.11. The van der Waals surface area contributed by atoms with E-state index in [4.69, 9.17) is 11.6 Å². The number of nitriles is 1. The van der Waals surface area contributed by atoms with Crippen LogP contribution in [0.1, 0.15) is 61.5 Å². The smallest absolute Gasteiger partial charge is 0.263 e. The zero-order valence-corrected chi connectivity index (χ0v) is 23.0. The Bertz CT molecular complexity index is 1530. The lowest BCUT2D eigenvalue weighted by Gasteiger charge is -2.22. The molecule has 3 heterocycles. The molecule has 1 unspecified atom stereocenters. The van der Waals surface area contributed by atoms with Crippen molar-refractivity contribution in [2.75, 3.05) is 17.2 Å². The van der Waals surface area contributed by atoms with Crippen LogP contribution in [0.4, 0.5) is 20.2 Å². The van der Waals surface area contributed by atoms with Gasteiger partial charge < -0.3 is 10.6 Å². The number of fused-ring (bicyclic) bond motifs is 1. The second-order valence-electron chi connectivity index (χ2n) is 10.8. The predicted octanol–water partition coefficient (Wildman–Crippen LogP) is 6.53. The van der Waals surface area contributed by atoms with Crippen LogP contribution < -0.4 is 10.6 Å². The second-order valence-corrected chi connectivity index (χ2v) is 12.1. The maximum absolute atomic E-state index is 13.7. The molecule has 38 heavy (non-hydrogen) atoms. The van der Waals surface area contributed by atoms with Gasteiger partial charge in [0.2, 0.25) is 0 Å². The van der Waals surface area contributed by atoms with Crippen LogP contribution in [0, 0.1) is 23.7 Å². The summed E-state index contributed by atoms with van der Waals surface area (Å²) in [6, 6.07) is 5.35. The van der Waals surface area contributed by atoms with Crippen LogP contribution in [-0.2, 0) is 5.54 Å². The number of aromatic nitrogens is 5. The molecule has 0 bridgehead atoms. The Hall–Kier alpha value is -3.36. The van der Waals surface area contributed by atoms with E-state index < -0.39 is 18.0 Å². The molecule has 8 nitrogen and oxygen atoms in total. The Balaban J connectivity index is 1.57. The number of nitrogens with zero attached hydrogens (tertiary/aromatic N) is 6. The molecule has 1 aromatic carbocycles. The minimum absolute atomic E-state index is 0.0280. The molecule has 0 amide bonds. The molecule has 0 radical (unpaired) electrons. The molecule has 1 fully saturated rings. The highest BCUT2D eigenvalue weighted by Crippen LogP contribution is 2.48. The van der Waals surface area contributed by atoms with Gasteiger partial charge in [-0.15, -0.1) is 16.4 Å². The van der Waals surface area contributed by atoms with Gasteiger partial charge in [0.1, 0.15) is 23.3 Å². The first-order chi connectivity index (χ1) is 18.0. The fourth-order valence-corrected chi connectivity index (χ4v) is 5.43. The van der Waals surface area contributed by atoms with Gasteiger partial charge in [0.05, 0.1) is 44.1 Å². The van der Waals surface area contributed by atoms with E-state index >= 15 is 0 Å². The van der Waals surface area contributed by atoms with Crippen molar-refractivity contribution in [1.82, 2.24) is 25.0 Å². The maximum atomic E-state index is 13.7. The summed E-state index contributed by atoms with van der Waals surface area (Å²) in [7, 11) is 0. The molecule has 1 saturated carbocycles. The molecule has 198 valence electrons. The highest BCUT2D eigenvalue weighted by molar-refractivity contribution is 7.09. The average molecular weight is 557 g/mol. The molecule has 5 rings (SSSR count). The molecular weight excluding hydrogens is 530 g/mol. The van der Waals surface area contributed by atoms with Gasteiger partial charge in [-0.25, -0.2) is 18.4 Å². The van der Waals surface area contributed by atoms with E-state index in [9.17, 15) is 14.0 Å². The van der Waals surface area contributed by atoms with Crippen molar-refractivity contribution in [3.63, 3.8) is 0 Å². The summed E-state index contributed by atoms with van der Waals surface area (Å²) in [6.07, 6.45) is 1.32. The van der Waals surface area contributed by atoms with Crippen LogP contribution in [0.2, 0.25) is 5.02 Å². The third-order valence-electron chi connectivity index (χ3n) is 6.63. The maximum Gasteiger partial charge on any atom is 0.263 e. The Morgan fingerprint density at radius 2 is 2.03 bits per heavy atom. The van der Waals surface area contributed by atoms with E-state index in [0.717, 1.165) is 10.6 Å². The minimum atomic E-state index is -2.52. The third-order valence-corrected chi connectivity index (χ3v) is 7.91. The number of alkyl halides is 2. The van der Waals surface area contributed by atoms with Crippen LogP contribution in [0.3, 0.4) is 0 Å². The number of aryl methyl sites for hydroxylation is 1. The molecule has 4 aromatic rings. The number of anilines is 2. The lowest BCUT2D eigenvalue weighted by molar-refractivity contribution is 0.0593. The Kier molecular flexibility index (Phi) is 6.73. The van der Waals surface area contributed by atoms with E-state index in [2.05, 4.69) is 57.8 Å². The van der Waals surface area contributed by atoms with Gasteiger partial charge in [-0.3, -0.25) is 4.98 Å². The largest absolute Gasteiger partial charge is 0.383 e. The fourth-order valence-electron chi connectivity index (χ4n) is 4.30. The number of pyridine rings is 1. The van der Waals surface area contributed by atoms with Gasteiger partial charge in [0.15, 0.2) is 0 Å². The Labute approximate surface area is 228 Å². The van der Waals surface area contributed by atoms with E-state index in [1.807, 2.05) is 13.0 Å². The molecule has 1 aliphatic carbocycles. The number of benzene rings is 1. The standard InChI is InChI=1S/C26H27ClF2N8S/c1-14-23(38-13-33-14)22(19-11-37(36-35-19)26(5-6-26)24(28)29)34-16-7-17-20(32-12-25(2,3)4)15(9-30)10-31-21(17)18(27)8-16/h7-8,10-11,13,22,24,34H,5-6,12H2,1-4H3,(H,31,32). The zero-order chi connectivity index (χ0) is 27.2. The molecule has 0 aliphatic heterocycles. The first-order valence-electron chi connectivity index (χ1n) is 12.2. The minimum Gasteiger partial charge on any atom is -0.383 e. The lowest BCUT2D eigenvalue weighted by atomic mass is 9.96. The van der Waals surface area contributed by atoms with E-state index in [0.29, 0.717) is 57.9 Å². The van der Waals surface area contributed by atoms with Crippen LogP contribution >= 0.6 is 22.9 Å². The first kappa shape index (κ1) is 26.3. The highest BCUT2D eigenvalue weighted by atomic mass is 35.5. The first-order valence-corrected chi connectivity index (χ1v) is 13.4. The summed E-state index contributed by atoms with van der Waals surface area (Å²) in [6.45, 7) is 8.82. The molecule has 1 atom stereocenters. The molecule has 1 aliphatic rings. The molecule has 0 saturated heterocycles. The van der Waals surface area contributed by atoms with Crippen molar-refractivity contribution in [2.45, 2.75) is 58.5 Å². The van der Waals surface area contributed by atoms with Crippen LogP contribution in [0.15, 0.2) is 30.0 Å². The van der Waals surface area contributed by atoms with Crippen LogP contribution in [-0.4, -0.2) is 37.9 Å². The monoisotopic (exact) mass is 556 g/mol. The molecular formula is C26H27ClF2N8S. The Morgan fingerprint density at radius 3 is 2.63 bits per heavy atom. The lowest BCUT2D eigenvalue weighted by Crippen LogP contribution is -2.26. The molecule has 0 spiro atoms. The van der Waals surface area contributed by atoms with Crippen molar-refractivity contribution in [2.24, 2.45) is 5.41 Å². The fraction of sp³-hybridized carbons (Fsp3) is 0.423. The van der Waals surface area contributed by atoms with Crippen molar-refractivity contribution in [1.29, 1.82) is 5.26 Å². The summed E-state index contributed by atoms with van der Waals surface area (Å²) in [4.78, 5) is 9.68. The number of halogens is 3. The number of rotatable bonds is 8. The quantitative estimate of drug-likeness (QED) is 0.254.